The van der Waals surface area contributed by atoms with E-state index in [2.05, 4.69) is 14.9 Å². The number of pyridine rings is 1. The topological polar surface area (TPSA) is 37.2 Å². The van der Waals surface area contributed by atoms with Crippen LogP contribution in [-0.2, 0) is 13.0 Å². The second-order valence-corrected chi connectivity index (χ2v) is 7.93. The summed E-state index contributed by atoms with van der Waals surface area (Å²) in [6.07, 6.45) is 0.323. The highest BCUT2D eigenvalue weighted by Gasteiger charge is 2.43. The zero-order valence-corrected chi connectivity index (χ0v) is 16.0. The molecule has 5 nitrogen and oxygen atoms in total. The van der Waals surface area contributed by atoms with Gasteiger partial charge in [-0.2, -0.15) is 13.9 Å². The maximum absolute atomic E-state index is 13.9. The monoisotopic (exact) mass is 407 g/mol. The molecule has 9 heteroatoms. The van der Waals surface area contributed by atoms with Crippen LogP contribution < -0.4 is 4.90 Å². The Morgan fingerprint density at radius 3 is 2.76 bits per heavy atom. The molecule has 0 saturated carbocycles. The van der Waals surface area contributed by atoms with E-state index in [1.54, 1.807) is 17.9 Å². The summed E-state index contributed by atoms with van der Waals surface area (Å²) in [5, 5.41) is 5.57. The van der Waals surface area contributed by atoms with Crippen molar-refractivity contribution in [3.8, 4) is 0 Å². The fraction of sp³-hybridized carbons (Fsp3) is 0.500. The largest absolute Gasteiger partial charge is 0.352 e. The Hall–Kier alpha value is -2.42. The summed E-state index contributed by atoms with van der Waals surface area (Å²) in [5.74, 6) is -3.48. The van der Waals surface area contributed by atoms with Crippen molar-refractivity contribution in [3.63, 3.8) is 0 Å². The van der Waals surface area contributed by atoms with Crippen LogP contribution >= 0.6 is 0 Å². The molecule has 1 atom stereocenters. The van der Waals surface area contributed by atoms with Crippen LogP contribution in [0.2, 0.25) is 0 Å². The molecule has 3 aromatic rings. The molecule has 5 rings (SSSR count). The maximum Gasteiger partial charge on any atom is 0.332 e. The van der Waals surface area contributed by atoms with Crippen molar-refractivity contribution in [1.82, 2.24) is 19.7 Å². The molecular weight excluding hydrogens is 386 g/mol. The van der Waals surface area contributed by atoms with Gasteiger partial charge in [0, 0.05) is 55.3 Å². The molecule has 0 amide bonds. The predicted octanol–water partition coefficient (Wildman–Crippen LogP) is 3.76. The van der Waals surface area contributed by atoms with E-state index in [0.717, 1.165) is 50.6 Å². The molecule has 154 valence electrons. The minimum atomic E-state index is -4.21. The van der Waals surface area contributed by atoms with E-state index in [-0.39, 0.29) is 0 Å². The predicted molar refractivity (Wildman–Crippen MR) is 103 cm³/mol. The number of aryl methyl sites for hydroxylation is 1. The summed E-state index contributed by atoms with van der Waals surface area (Å²) < 4.78 is 55.1. The van der Waals surface area contributed by atoms with Gasteiger partial charge in [-0.25, -0.2) is 13.8 Å². The molecule has 2 aliphatic rings. The van der Waals surface area contributed by atoms with E-state index in [0.29, 0.717) is 27.8 Å². The van der Waals surface area contributed by atoms with Crippen molar-refractivity contribution >= 4 is 27.6 Å². The van der Waals surface area contributed by atoms with Gasteiger partial charge in [-0.05, 0) is 31.5 Å². The first-order valence-corrected chi connectivity index (χ1v) is 9.77. The molecule has 2 aliphatic heterocycles. The molecule has 0 aliphatic carbocycles. The summed E-state index contributed by atoms with van der Waals surface area (Å²) in [6, 6.07) is 4.06. The first-order chi connectivity index (χ1) is 13.8. The van der Waals surface area contributed by atoms with Crippen LogP contribution in [0.5, 0.6) is 0 Å². The Morgan fingerprint density at radius 1 is 1.14 bits per heavy atom. The number of anilines is 1. The molecule has 0 bridgehead atoms. The zero-order chi connectivity index (χ0) is 20.3. The third-order valence-corrected chi connectivity index (χ3v) is 6.10. The molecule has 1 unspecified atom stereocenters. The number of alkyl halides is 4. The number of hydrogen-bond donors (Lipinski definition) is 0. The second-order valence-electron chi connectivity index (χ2n) is 7.93. The summed E-state index contributed by atoms with van der Waals surface area (Å²) in [5.41, 5.74) is 0.409. The third kappa shape index (κ3) is 2.94. The number of nitrogens with zero attached hydrogens (tertiary/aromatic N) is 5. The lowest BCUT2D eigenvalue weighted by molar-refractivity contribution is -0.135. The van der Waals surface area contributed by atoms with Gasteiger partial charge >= 0.3 is 12.3 Å². The van der Waals surface area contributed by atoms with Crippen LogP contribution in [0.25, 0.3) is 21.8 Å². The normalized spacial score (nSPS) is 20.9. The van der Waals surface area contributed by atoms with E-state index in [9.17, 15) is 17.6 Å². The Morgan fingerprint density at radius 2 is 1.97 bits per heavy atom. The highest BCUT2D eigenvalue weighted by atomic mass is 19.3. The molecule has 2 aromatic heterocycles. The number of fused-ring (bicyclic) bond motifs is 4. The smallest absolute Gasteiger partial charge is 0.332 e. The number of aromatic nitrogens is 3. The first kappa shape index (κ1) is 18.6. The number of piperazine rings is 1. The lowest BCUT2D eigenvalue weighted by Crippen LogP contribution is -2.50. The van der Waals surface area contributed by atoms with Gasteiger partial charge < -0.3 is 4.90 Å². The minimum Gasteiger partial charge on any atom is -0.352 e. The van der Waals surface area contributed by atoms with Gasteiger partial charge in [0.2, 0.25) is 0 Å². The van der Waals surface area contributed by atoms with Crippen LogP contribution in [0.3, 0.4) is 0 Å². The van der Waals surface area contributed by atoms with Crippen LogP contribution in [0.15, 0.2) is 24.4 Å². The lowest BCUT2D eigenvalue weighted by Gasteiger charge is -2.38. The van der Waals surface area contributed by atoms with Crippen molar-refractivity contribution < 1.29 is 17.6 Å². The van der Waals surface area contributed by atoms with E-state index in [1.165, 1.54) is 12.5 Å². The molecule has 4 heterocycles. The number of hydrogen-bond acceptors (Lipinski definition) is 4. The van der Waals surface area contributed by atoms with Crippen LogP contribution in [-0.4, -0.2) is 58.3 Å². The highest BCUT2D eigenvalue weighted by Crippen LogP contribution is 2.38. The molecule has 0 N–H and O–H groups in total. The number of halogens is 4. The van der Waals surface area contributed by atoms with Crippen molar-refractivity contribution in [2.45, 2.75) is 31.2 Å². The molecular formula is C20H21F4N5. The number of benzene rings is 1. The van der Waals surface area contributed by atoms with Crippen molar-refractivity contribution in [2.24, 2.45) is 7.05 Å². The van der Waals surface area contributed by atoms with Crippen LogP contribution in [0, 0.1) is 0 Å². The fourth-order valence-corrected chi connectivity index (χ4v) is 4.60. The Balaban J connectivity index is 1.64. The zero-order valence-electron chi connectivity index (χ0n) is 16.0. The molecule has 0 radical (unpaired) electrons. The summed E-state index contributed by atoms with van der Waals surface area (Å²) in [6.45, 7) is 3.76. The average Bonchev–Trinajstić information content (AvgIpc) is 3.32. The van der Waals surface area contributed by atoms with Crippen molar-refractivity contribution in [2.75, 3.05) is 31.1 Å². The SMILES string of the molecule is Cn1cc2c(n1)c(N1CCN3CCCC3C1)nc1ccc(C(F)(F)C(F)F)cc12. The van der Waals surface area contributed by atoms with Crippen molar-refractivity contribution in [1.29, 1.82) is 0 Å². The Labute approximate surface area is 164 Å². The molecule has 0 spiro atoms. The second kappa shape index (κ2) is 6.55. The first-order valence-electron chi connectivity index (χ1n) is 9.77. The van der Waals surface area contributed by atoms with E-state index < -0.39 is 17.9 Å². The summed E-state index contributed by atoms with van der Waals surface area (Å²) >= 11 is 0. The molecule has 1 aromatic carbocycles. The Kier molecular flexibility index (Phi) is 4.20. The summed E-state index contributed by atoms with van der Waals surface area (Å²) in [7, 11) is 1.75. The average molecular weight is 407 g/mol. The lowest BCUT2D eigenvalue weighted by atomic mass is 10.0. The molecule has 2 fully saturated rings. The van der Waals surface area contributed by atoms with Gasteiger partial charge in [-0.1, -0.05) is 6.07 Å². The molecule has 29 heavy (non-hydrogen) atoms. The fourth-order valence-electron chi connectivity index (χ4n) is 4.60. The van der Waals surface area contributed by atoms with E-state index >= 15 is 0 Å². The highest BCUT2D eigenvalue weighted by molar-refractivity contribution is 6.08. The van der Waals surface area contributed by atoms with E-state index in [4.69, 9.17) is 4.98 Å². The van der Waals surface area contributed by atoms with Crippen molar-refractivity contribution in [3.05, 3.63) is 30.0 Å². The maximum atomic E-state index is 13.9. The Bertz CT molecular complexity index is 1080. The third-order valence-electron chi connectivity index (χ3n) is 6.10. The van der Waals surface area contributed by atoms with Gasteiger partial charge in [0.25, 0.3) is 0 Å². The van der Waals surface area contributed by atoms with Gasteiger partial charge in [-0.3, -0.25) is 9.58 Å². The number of rotatable bonds is 3. The molecule has 2 saturated heterocycles. The van der Waals surface area contributed by atoms with Crippen LogP contribution in [0.4, 0.5) is 23.4 Å². The standard InChI is InChI=1S/C20H21F4N5/c1-27-11-15-14-9-12(20(23,24)19(21)22)4-5-16(14)25-18(17(15)26-27)29-8-7-28-6-2-3-13(28)10-29/h4-5,9,11,13,19H,2-3,6-8,10H2,1H3. The minimum absolute atomic E-state index is 0.411. The quantitative estimate of drug-likeness (QED) is 0.620. The van der Waals surface area contributed by atoms with Gasteiger partial charge in [0.15, 0.2) is 5.82 Å². The van der Waals surface area contributed by atoms with Gasteiger partial charge in [-0.15, -0.1) is 0 Å². The summed E-state index contributed by atoms with van der Waals surface area (Å²) in [4.78, 5) is 9.42. The van der Waals surface area contributed by atoms with Crippen LogP contribution in [0.1, 0.15) is 18.4 Å². The van der Waals surface area contributed by atoms with Gasteiger partial charge in [0.05, 0.1) is 5.52 Å². The van der Waals surface area contributed by atoms with E-state index in [1.807, 2.05) is 0 Å². The van der Waals surface area contributed by atoms with Gasteiger partial charge in [0.1, 0.15) is 5.52 Å².